The van der Waals surface area contributed by atoms with Crippen molar-refractivity contribution >= 4 is 82.3 Å². The molecule has 3 rings (SSSR count). The summed E-state index contributed by atoms with van der Waals surface area (Å²) < 4.78 is 1.32. The molecule has 166 valence electrons. The third-order valence-electron chi connectivity index (χ3n) is 4.29. The zero-order valence-corrected chi connectivity index (χ0v) is 21.7. The van der Waals surface area contributed by atoms with Crippen LogP contribution in [0.15, 0.2) is 48.5 Å². The van der Waals surface area contributed by atoms with E-state index in [2.05, 4.69) is 33.9 Å². The Labute approximate surface area is 212 Å². The molecule has 0 bridgehead atoms. The topological polar surface area (TPSA) is 47.9 Å². The van der Waals surface area contributed by atoms with Gasteiger partial charge in [-0.3, -0.25) is 0 Å². The number of aromatic nitrogens is 3. The Bertz CT molecular complexity index is 935. The van der Waals surface area contributed by atoms with Gasteiger partial charge in [0.15, 0.2) is 17.5 Å². The molecule has 0 aliphatic carbocycles. The monoisotopic (exact) mass is 538 g/mol. The van der Waals surface area contributed by atoms with E-state index in [0.29, 0.717) is 5.56 Å². The van der Waals surface area contributed by atoms with Gasteiger partial charge < -0.3 is 4.74 Å². The molecule has 0 atom stereocenters. The van der Waals surface area contributed by atoms with Crippen LogP contribution in [-0.2, 0) is 7.59 Å². The SMILES string of the molecule is C[BH2-]c1ccc(OC)cc1.Cc1ccc(-c2nc(C(Cl)(Cl)Cl)nc(C(Cl)(Cl)Cl)n2)cc1. The van der Waals surface area contributed by atoms with Crippen molar-refractivity contribution in [3.63, 3.8) is 0 Å². The number of benzene rings is 2. The normalized spacial score (nSPS) is 11.5. The van der Waals surface area contributed by atoms with Crippen molar-refractivity contribution in [2.45, 2.75) is 21.3 Å². The summed E-state index contributed by atoms with van der Waals surface area (Å²) in [6, 6.07) is 15.7. The third-order valence-corrected chi connectivity index (χ3v) is 5.30. The van der Waals surface area contributed by atoms with E-state index in [1.54, 1.807) is 7.11 Å². The van der Waals surface area contributed by atoms with E-state index in [-0.39, 0.29) is 24.8 Å². The largest absolute Gasteiger partial charge is 0.497 e. The van der Waals surface area contributed by atoms with Gasteiger partial charge in [0.1, 0.15) is 5.75 Å². The highest BCUT2D eigenvalue weighted by Crippen LogP contribution is 2.40. The fourth-order valence-electron chi connectivity index (χ4n) is 2.47. The molecule has 0 unspecified atom stereocenters. The minimum Gasteiger partial charge on any atom is -0.497 e. The predicted molar refractivity (Wildman–Crippen MR) is 136 cm³/mol. The van der Waals surface area contributed by atoms with Crippen LogP contribution in [0.5, 0.6) is 5.75 Å². The number of ether oxygens (including phenoxy) is 1. The molecule has 1 aromatic heterocycles. The molecule has 11 heteroatoms. The first-order valence-corrected chi connectivity index (χ1v) is 11.7. The lowest BCUT2D eigenvalue weighted by Crippen LogP contribution is -2.16. The number of hydrogen-bond donors (Lipinski definition) is 0. The number of aryl methyl sites for hydroxylation is 1. The van der Waals surface area contributed by atoms with Crippen molar-refractivity contribution in [2.24, 2.45) is 0 Å². The average molecular weight is 541 g/mol. The van der Waals surface area contributed by atoms with E-state index >= 15 is 0 Å². The van der Waals surface area contributed by atoms with E-state index < -0.39 is 7.59 Å². The van der Waals surface area contributed by atoms with E-state index in [0.717, 1.165) is 11.3 Å². The van der Waals surface area contributed by atoms with Crippen LogP contribution in [0.25, 0.3) is 11.4 Å². The van der Waals surface area contributed by atoms with Crippen LogP contribution in [0.1, 0.15) is 17.2 Å². The molecule has 0 fully saturated rings. The second-order valence-electron chi connectivity index (χ2n) is 6.68. The van der Waals surface area contributed by atoms with E-state index in [9.17, 15) is 0 Å². The van der Waals surface area contributed by atoms with E-state index in [1.165, 1.54) is 5.46 Å². The van der Waals surface area contributed by atoms with Crippen LogP contribution in [0, 0.1) is 6.92 Å². The molecular formula is C20H19BCl6N3O-. The van der Waals surface area contributed by atoms with Crippen LogP contribution >= 0.6 is 69.6 Å². The van der Waals surface area contributed by atoms with Gasteiger partial charge >= 0.3 is 0 Å². The first-order chi connectivity index (χ1) is 14.4. The summed E-state index contributed by atoms with van der Waals surface area (Å²) in [5, 5.41) is 0. The van der Waals surface area contributed by atoms with Gasteiger partial charge in [-0.2, -0.15) is 6.82 Å². The highest BCUT2D eigenvalue weighted by atomic mass is 35.6. The fraction of sp³-hybridized carbons (Fsp3) is 0.250. The highest BCUT2D eigenvalue weighted by molar-refractivity contribution is 6.67. The lowest BCUT2D eigenvalue weighted by atomic mass is 9.73. The van der Waals surface area contributed by atoms with Crippen molar-refractivity contribution < 1.29 is 4.74 Å². The number of halogens is 6. The predicted octanol–water partition coefficient (Wildman–Crippen LogP) is 6.04. The van der Waals surface area contributed by atoms with Crippen LogP contribution < -0.4 is 10.2 Å². The smallest absolute Gasteiger partial charge is 0.250 e. The maximum Gasteiger partial charge on any atom is 0.250 e. The molecule has 3 aromatic rings. The average Bonchev–Trinajstić information content (AvgIpc) is 2.73. The van der Waals surface area contributed by atoms with Crippen molar-refractivity contribution in [1.29, 1.82) is 0 Å². The van der Waals surface area contributed by atoms with Crippen LogP contribution in [0.4, 0.5) is 0 Å². The highest BCUT2D eigenvalue weighted by Gasteiger charge is 2.33. The molecule has 2 aromatic carbocycles. The maximum absolute atomic E-state index is 5.81. The van der Waals surface area contributed by atoms with Crippen molar-refractivity contribution in [3.05, 3.63) is 65.7 Å². The Kier molecular flexibility index (Phi) is 9.56. The molecule has 0 radical (unpaired) electrons. The van der Waals surface area contributed by atoms with Gasteiger partial charge in [-0.1, -0.05) is 112 Å². The van der Waals surface area contributed by atoms with Gasteiger partial charge in [0.25, 0.3) is 0 Å². The molecule has 0 aliphatic heterocycles. The second-order valence-corrected chi connectivity index (χ2v) is 11.2. The summed E-state index contributed by atoms with van der Waals surface area (Å²) in [5.74, 6) is 0.982. The lowest BCUT2D eigenvalue weighted by Gasteiger charge is -2.15. The minimum absolute atomic E-state index is 0.112. The molecule has 1 heterocycles. The van der Waals surface area contributed by atoms with Gasteiger partial charge in [-0.15, -0.1) is 0 Å². The first kappa shape index (κ1) is 26.3. The van der Waals surface area contributed by atoms with E-state index in [4.69, 9.17) is 74.3 Å². The summed E-state index contributed by atoms with van der Waals surface area (Å²) in [7, 11) is 1.81. The maximum atomic E-state index is 5.81. The van der Waals surface area contributed by atoms with Crippen molar-refractivity contribution in [3.8, 4) is 17.1 Å². The van der Waals surface area contributed by atoms with Crippen molar-refractivity contribution in [2.75, 3.05) is 7.11 Å². The Morgan fingerprint density at radius 3 is 1.61 bits per heavy atom. The zero-order chi connectivity index (χ0) is 23.2. The fourth-order valence-corrected chi connectivity index (χ4v) is 2.98. The minimum atomic E-state index is -1.85. The molecular weight excluding hydrogens is 522 g/mol. The summed E-state index contributed by atoms with van der Waals surface area (Å²) in [6.07, 6.45) is 0. The van der Waals surface area contributed by atoms with Crippen molar-refractivity contribution in [1.82, 2.24) is 15.0 Å². The molecule has 0 spiro atoms. The lowest BCUT2D eigenvalue weighted by molar-refractivity contribution is 0.415. The zero-order valence-electron chi connectivity index (χ0n) is 17.1. The second kappa shape index (κ2) is 11.3. The third kappa shape index (κ3) is 8.16. The van der Waals surface area contributed by atoms with Gasteiger partial charge in [0.05, 0.1) is 7.11 Å². The molecule has 0 aliphatic rings. The summed E-state index contributed by atoms with van der Waals surface area (Å²) in [4.78, 5) is 12.2. The molecule has 31 heavy (non-hydrogen) atoms. The number of rotatable bonds is 3. The first-order valence-electron chi connectivity index (χ1n) is 9.48. The van der Waals surface area contributed by atoms with Gasteiger partial charge in [-0.05, 0) is 26.3 Å². The molecule has 0 amide bonds. The van der Waals surface area contributed by atoms with Crippen LogP contribution in [0.2, 0.25) is 6.82 Å². The number of alkyl halides is 6. The molecule has 4 nitrogen and oxygen atoms in total. The Hall–Kier alpha value is -0.945. The standard InChI is InChI=1S/C12H7Cl6N3.C8H12BO/c1-6-2-4-7(5-3-6)8-19-9(11(13,14)15)21-10(20-8)12(16,17)18;1-9-7-3-5-8(10-2)6-4-7/h2-5H,1H3;3-6H,9H2,1-2H3/q;-1. The van der Waals surface area contributed by atoms with Crippen LogP contribution in [-0.4, -0.2) is 29.3 Å². The van der Waals surface area contributed by atoms with E-state index in [1.807, 2.05) is 43.3 Å². The summed E-state index contributed by atoms with van der Waals surface area (Å²) in [6.45, 7) is 4.22. The van der Waals surface area contributed by atoms with Gasteiger partial charge in [0.2, 0.25) is 7.59 Å². The Morgan fingerprint density at radius 1 is 0.742 bits per heavy atom. The van der Waals surface area contributed by atoms with Crippen LogP contribution in [0.3, 0.4) is 0 Å². The molecule has 0 saturated heterocycles. The summed E-state index contributed by atoms with van der Waals surface area (Å²) in [5.41, 5.74) is 3.24. The quantitative estimate of drug-likeness (QED) is 0.300. The Balaban J connectivity index is 0.000000285. The number of methoxy groups -OCH3 is 1. The van der Waals surface area contributed by atoms with Gasteiger partial charge in [0, 0.05) is 5.56 Å². The molecule has 0 N–H and O–H groups in total. The summed E-state index contributed by atoms with van der Waals surface area (Å²) >= 11 is 34.9. The Morgan fingerprint density at radius 2 is 1.23 bits per heavy atom. The number of nitrogens with zero attached hydrogens (tertiary/aromatic N) is 3. The number of hydrogen-bond acceptors (Lipinski definition) is 4. The molecule has 0 saturated carbocycles. The van der Waals surface area contributed by atoms with Gasteiger partial charge in [-0.25, -0.2) is 20.4 Å².